The summed E-state index contributed by atoms with van der Waals surface area (Å²) in [6, 6.07) is -0.440. The van der Waals surface area contributed by atoms with E-state index in [1.807, 2.05) is 0 Å². The van der Waals surface area contributed by atoms with Crippen LogP contribution in [0.2, 0.25) is 0 Å². The van der Waals surface area contributed by atoms with Gasteiger partial charge in [0.25, 0.3) is 0 Å². The number of ether oxygens (including phenoxy) is 1. The molecule has 2 N–H and O–H groups in total. The number of nitrogens with one attached hydrogen (secondary N) is 2. The molecule has 1 aromatic heterocycles. The number of aromatic nitrogens is 2. The molecule has 0 aliphatic rings. The van der Waals surface area contributed by atoms with Crippen LogP contribution in [0.4, 0.5) is 4.79 Å². The summed E-state index contributed by atoms with van der Waals surface area (Å²) in [6.07, 6.45) is 3.40. The molecule has 1 atom stereocenters. The van der Waals surface area contributed by atoms with E-state index >= 15 is 0 Å². The van der Waals surface area contributed by atoms with Crippen molar-refractivity contribution in [3.05, 3.63) is 18.2 Å². The maximum absolute atomic E-state index is 11.6. The topological polar surface area (TPSA) is 84.1 Å². The zero-order chi connectivity index (χ0) is 12.9. The number of hydrogen-bond donors (Lipinski definition) is 2. The second kappa shape index (κ2) is 5.47. The molecule has 0 radical (unpaired) electrons. The standard InChI is InChI=1S/C11H17N3O3/c1-11(2,3)17-10(16)14-8(4-5-15)9-6-12-7-13-9/h5-8H,4H2,1-3H3,(H,12,13)(H,14,16)/t8-/m0/s1. The smallest absolute Gasteiger partial charge is 0.408 e. The van der Waals surface area contributed by atoms with Crippen LogP contribution in [0.25, 0.3) is 0 Å². The maximum Gasteiger partial charge on any atom is 0.408 e. The van der Waals surface area contributed by atoms with Gasteiger partial charge < -0.3 is 19.8 Å². The Morgan fingerprint density at radius 2 is 2.35 bits per heavy atom. The van der Waals surface area contributed by atoms with E-state index in [-0.39, 0.29) is 6.42 Å². The lowest BCUT2D eigenvalue weighted by Gasteiger charge is -2.22. The molecule has 0 saturated heterocycles. The van der Waals surface area contributed by atoms with Crippen LogP contribution in [0.5, 0.6) is 0 Å². The summed E-state index contributed by atoms with van der Waals surface area (Å²) in [5.74, 6) is 0. The van der Waals surface area contributed by atoms with Crippen LogP contribution in [-0.4, -0.2) is 27.9 Å². The summed E-state index contributed by atoms with van der Waals surface area (Å²) in [6.45, 7) is 5.33. The third kappa shape index (κ3) is 4.67. The molecule has 6 heteroatoms. The van der Waals surface area contributed by atoms with Crippen molar-refractivity contribution in [3.63, 3.8) is 0 Å². The Labute approximate surface area is 99.8 Å². The highest BCUT2D eigenvalue weighted by Crippen LogP contribution is 2.14. The number of rotatable bonds is 4. The third-order valence-corrected chi connectivity index (χ3v) is 1.92. The summed E-state index contributed by atoms with van der Waals surface area (Å²) in [5, 5.41) is 2.61. The molecule has 94 valence electrons. The fraction of sp³-hybridized carbons (Fsp3) is 0.545. The number of carbonyl (C=O) groups is 2. The second-order valence-corrected chi connectivity index (χ2v) is 4.61. The highest BCUT2D eigenvalue weighted by atomic mass is 16.6. The number of aromatic amines is 1. The van der Waals surface area contributed by atoms with Crippen LogP contribution in [0.1, 0.15) is 38.9 Å². The van der Waals surface area contributed by atoms with Crippen molar-refractivity contribution in [2.24, 2.45) is 0 Å². The van der Waals surface area contributed by atoms with Gasteiger partial charge in [-0.25, -0.2) is 9.78 Å². The Hall–Kier alpha value is -1.85. The molecule has 0 saturated carbocycles. The molecule has 0 unspecified atom stereocenters. The van der Waals surface area contributed by atoms with Gasteiger partial charge in [0.1, 0.15) is 11.9 Å². The molecular formula is C11H17N3O3. The van der Waals surface area contributed by atoms with Crippen molar-refractivity contribution in [3.8, 4) is 0 Å². The molecular weight excluding hydrogens is 222 g/mol. The van der Waals surface area contributed by atoms with E-state index in [0.717, 1.165) is 6.29 Å². The van der Waals surface area contributed by atoms with Gasteiger partial charge in [-0.2, -0.15) is 0 Å². The van der Waals surface area contributed by atoms with E-state index in [9.17, 15) is 9.59 Å². The Balaban J connectivity index is 2.62. The van der Waals surface area contributed by atoms with Gasteiger partial charge in [0.05, 0.1) is 24.3 Å². The molecule has 0 aliphatic carbocycles. The summed E-state index contributed by atoms with van der Waals surface area (Å²) in [4.78, 5) is 28.8. The van der Waals surface area contributed by atoms with Crippen LogP contribution in [-0.2, 0) is 9.53 Å². The molecule has 1 amide bonds. The minimum atomic E-state index is -0.566. The highest BCUT2D eigenvalue weighted by molar-refractivity contribution is 5.69. The first kappa shape index (κ1) is 13.2. The van der Waals surface area contributed by atoms with Crippen molar-refractivity contribution in [1.82, 2.24) is 15.3 Å². The van der Waals surface area contributed by atoms with Gasteiger partial charge in [0.2, 0.25) is 0 Å². The number of hydrogen-bond acceptors (Lipinski definition) is 4. The van der Waals surface area contributed by atoms with Gasteiger partial charge in [-0.15, -0.1) is 0 Å². The van der Waals surface area contributed by atoms with Crippen LogP contribution < -0.4 is 5.32 Å². The van der Waals surface area contributed by atoms with Crippen LogP contribution in [0.3, 0.4) is 0 Å². The Morgan fingerprint density at radius 3 is 2.82 bits per heavy atom. The van der Waals surface area contributed by atoms with Crippen LogP contribution in [0, 0.1) is 0 Å². The van der Waals surface area contributed by atoms with Crippen molar-refractivity contribution < 1.29 is 14.3 Å². The van der Waals surface area contributed by atoms with Gasteiger partial charge in [0, 0.05) is 6.42 Å². The minimum Gasteiger partial charge on any atom is -0.444 e. The Kier molecular flexibility index (Phi) is 4.25. The van der Waals surface area contributed by atoms with E-state index in [4.69, 9.17) is 4.74 Å². The number of alkyl carbamates (subject to hydrolysis) is 1. The first-order valence-corrected chi connectivity index (χ1v) is 5.34. The average molecular weight is 239 g/mol. The Morgan fingerprint density at radius 1 is 1.65 bits per heavy atom. The lowest BCUT2D eigenvalue weighted by atomic mass is 10.1. The number of H-pyrrole nitrogens is 1. The van der Waals surface area contributed by atoms with Gasteiger partial charge in [-0.1, -0.05) is 0 Å². The minimum absolute atomic E-state index is 0.168. The molecule has 0 aliphatic heterocycles. The highest BCUT2D eigenvalue weighted by Gasteiger charge is 2.20. The quantitative estimate of drug-likeness (QED) is 0.781. The first-order valence-electron chi connectivity index (χ1n) is 5.34. The largest absolute Gasteiger partial charge is 0.444 e. The monoisotopic (exact) mass is 239 g/mol. The molecule has 1 heterocycles. The molecule has 1 aromatic rings. The number of aldehydes is 1. The molecule has 6 nitrogen and oxygen atoms in total. The number of carbonyl (C=O) groups excluding carboxylic acids is 2. The van der Waals surface area contributed by atoms with Crippen molar-refractivity contribution in [2.45, 2.75) is 38.8 Å². The fourth-order valence-electron chi connectivity index (χ4n) is 1.27. The molecule has 0 fully saturated rings. The SMILES string of the molecule is CC(C)(C)OC(=O)N[C@@H](CC=O)c1cnc[nH]1. The molecule has 0 bridgehead atoms. The van der Waals surface area contributed by atoms with Crippen LogP contribution >= 0.6 is 0 Å². The fourth-order valence-corrected chi connectivity index (χ4v) is 1.27. The van der Waals surface area contributed by atoms with E-state index in [1.54, 1.807) is 27.0 Å². The van der Waals surface area contributed by atoms with E-state index in [1.165, 1.54) is 6.33 Å². The van der Waals surface area contributed by atoms with Gasteiger partial charge in [0.15, 0.2) is 0 Å². The van der Waals surface area contributed by atoms with Crippen molar-refractivity contribution in [1.29, 1.82) is 0 Å². The van der Waals surface area contributed by atoms with Gasteiger partial charge in [-0.3, -0.25) is 0 Å². The predicted octanol–water partition coefficient (Wildman–Crippen LogP) is 1.56. The molecule has 0 spiro atoms. The second-order valence-electron chi connectivity index (χ2n) is 4.61. The third-order valence-electron chi connectivity index (χ3n) is 1.92. The average Bonchev–Trinajstić information content (AvgIpc) is 2.66. The van der Waals surface area contributed by atoms with Gasteiger partial charge in [-0.05, 0) is 20.8 Å². The van der Waals surface area contributed by atoms with Crippen LogP contribution in [0.15, 0.2) is 12.5 Å². The summed E-state index contributed by atoms with van der Waals surface area (Å²) in [5.41, 5.74) is 0.104. The lowest BCUT2D eigenvalue weighted by molar-refractivity contribution is -0.108. The van der Waals surface area contributed by atoms with Gasteiger partial charge >= 0.3 is 6.09 Å². The van der Waals surface area contributed by atoms with Crippen molar-refractivity contribution >= 4 is 12.4 Å². The molecule has 0 aromatic carbocycles. The molecule has 17 heavy (non-hydrogen) atoms. The summed E-state index contributed by atoms with van der Waals surface area (Å²) in [7, 11) is 0. The van der Waals surface area contributed by atoms with E-state index in [2.05, 4.69) is 15.3 Å². The number of nitrogens with zero attached hydrogens (tertiary/aromatic N) is 1. The zero-order valence-corrected chi connectivity index (χ0v) is 10.2. The van der Waals surface area contributed by atoms with E-state index in [0.29, 0.717) is 5.69 Å². The summed E-state index contributed by atoms with van der Waals surface area (Å²) < 4.78 is 5.11. The lowest BCUT2D eigenvalue weighted by Crippen LogP contribution is -2.35. The molecule has 1 rings (SSSR count). The van der Waals surface area contributed by atoms with E-state index < -0.39 is 17.7 Å². The summed E-state index contributed by atoms with van der Waals surface area (Å²) >= 11 is 0. The maximum atomic E-state index is 11.6. The first-order chi connectivity index (χ1) is 7.92. The number of amides is 1. The van der Waals surface area contributed by atoms with Crippen molar-refractivity contribution in [2.75, 3.05) is 0 Å². The number of imidazole rings is 1. The normalized spacial score (nSPS) is 12.9. The predicted molar refractivity (Wildman–Crippen MR) is 61.4 cm³/mol. The Bertz CT molecular complexity index is 368. The zero-order valence-electron chi connectivity index (χ0n) is 10.2.